The van der Waals surface area contributed by atoms with E-state index < -0.39 is 0 Å². The lowest BCUT2D eigenvalue weighted by molar-refractivity contribution is 0.377. The Morgan fingerprint density at radius 1 is 1.20 bits per heavy atom. The summed E-state index contributed by atoms with van der Waals surface area (Å²) < 4.78 is 0. The average Bonchev–Trinajstić information content (AvgIpc) is 2.98. The van der Waals surface area contributed by atoms with E-state index in [0.717, 1.165) is 38.4 Å². The largest absolute Gasteiger partial charge is 0.357 e. The van der Waals surface area contributed by atoms with Crippen molar-refractivity contribution >= 4 is 17.3 Å². The molecular formula is C20H30N4S. The molecule has 1 heterocycles. The fourth-order valence-corrected chi connectivity index (χ4v) is 3.43. The van der Waals surface area contributed by atoms with E-state index in [1.807, 2.05) is 6.20 Å². The molecule has 0 fully saturated rings. The Hall–Kier alpha value is -1.88. The summed E-state index contributed by atoms with van der Waals surface area (Å²) in [6.07, 6.45) is 3.89. The Labute approximate surface area is 155 Å². The molecule has 0 amide bonds. The Morgan fingerprint density at radius 3 is 2.60 bits per heavy atom. The van der Waals surface area contributed by atoms with Crippen LogP contribution in [0, 0.1) is 12.3 Å². The summed E-state index contributed by atoms with van der Waals surface area (Å²) in [5.41, 5.74) is 1.48. The predicted molar refractivity (Wildman–Crippen MR) is 108 cm³/mol. The number of benzene rings is 1. The normalized spacial score (nSPS) is 12.2. The van der Waals surface area contributed by atoms with Crippen LogP contribution >= 0.6 is 11.3 Å². The van der Waals surface area contributed by atoms with Crippen LogP contribution in [0.5, 0.6) is 0 Å². The first-order valence-electron chi connectivity index (χ1n) is 8.96. The van der Waals surface area contributed by atoms with E-state index in [9.17, 15) is 0 Å². The zero-order valence-corrected chi connectivity index (χ0v) is 16.6. The van der Waals surface area contributed by atoms with Gasteiger partial charge in [0.2, 0.25) is 0 Å². The maximum absolute atomic E-state index is 4.80. The lowest BCUT2D eigenvalue weighted by Crippen LogP contribution is -2.39. The van der Waals surface area contributed by atoms with Gasteiger partial charge in [-0.05, 0) is 31.2 Å². The number of aromatic nitrogens is 1. The summed E-state index contributed by atoms with van der Waals surface area (Å²) in [5.74, 6) is 0.886. The molecule has 0 saturated carbocycles. The van der Waals surface area contributed by atoms with Crippen LogP contribution in [-0.4, -0.2) is 30.6 Å². The van der Waals surface area contributed by atoms with Gasteiger partial charge in [0.15, 0.2) is 5.96 Å². The van der Waals surface area contributed by atoms with Gasteiger partial charge in [-0.2, -0.15) is 0 Å². The van der Waals surface area contributed by atoms with E-state index in [4.69, 9.17) is 4.99 Å². The Balaban J connectivity index is 1.86. The third kappa shape index (κ3) is 7.26. The smallest absolute Gasteiger partial charge is 0.191 e. The Morgan fingerprint density at radius 2 is 1.96 bits per heavy atom. The molecule has 1 aromatic carbocycles. The molecule has 0 saturated heterocycles. The zero-order chi connectivity index (χ0) is 18.1. The Kier molecular flexibility index (Phi) is 7.44. The number of nitrogens with zero attached hydrogens (tertiary/aromatic N) is 2. The van der Waals surface area contributed by atoms with Crippen LogP contribution in [0.4, 0.5) is 0 Å². The van der Waals surface area contributed by atoms with Crippen molar-refractivity contribution in [2.24, 2.45) is 10.4 Å². The van der Waals surface area contributed by atoms with Crippen molar-refractivity contribution in [1.82, 2.24) is 15.6 Å². The number of nitrogens with one attached hydrogen (secondary N) is 2. The van der Waals surface area contributed by atoms with Crippen molar-refractivity contribution < 1.29 is 0 Å². The average molecular weight is 359 g/mol. The SMILES string of the molecule is CCNC(=NCC(C)(C)Cc1ccccc1)NCCc1ncc(C)s1. The summed E-state index contributed by atoms with van der Waals surface area (Å²) >= 11 is 1.76. The first-order valence-corrected chi connectivity index (χ1v) is 9.77. The summed E-state index contributed by atoms with van der Waals surface area (Å²) in [7, 11) is 0. The van der Waals surface area contributed by atoms with E-state index in [0.29, 0.717) is 0 Å². The second kappa shape index (κ2) is 9.56. The highest BCUT2D eigenvalue weighted by Crippen LogP contribution is 2.22. The lowest BCUT2D eigenvalue weighted by Gasteiger charge is -2.23. The van der Waals surface area contributed by atoms with Gasteiger partial charge in [0, 0.05) is 37.1 Å². The molecule has 5 heteroatoms. The van der Waals surface area contributed by atoms with Gasteiger partial charge in [-0.1, -0.05) is 44.2 Å². The van der Waals surface area contributed by atoms with E-state index in [1.54, 1.807) is 11.3 Å². The highest BCUT2D eigenvalue weighted by molar-refractivity contribution is 7.11. The molecule has 2 N–H and O–H groups in total. The van der Waals surface area contributed by atoms with Crippen molar-refractivity contribution in [3.8, 4) is 0 Å². The number of hydrogen-bond acceptors (Lipinski definition) is 3. The van der Waals surface area contributed by atoms with Gasteiger partial charge in [-0.25, -0.2) is 4.98 Å². The number of guanidine groups is 1. The fraction of sp³-hybridized carbons (Fsp3) is 0.500. The number of aryl methyl sites for hydroxylation is 1. The van der Waals surface area contributed by atoms with Gasteiger partial charge in [-0.3, -0.25) is 4.99 Å². The minimum Gasteiger partial charge on any atom is -0.357 e. The molecule has 0 spiro atoms. The predicted octanol–water partition coefficient (Wildman–Crippen LogP) is 3.82. The molecule has 136 valence electrons. The van der Waals surface area contributed by atoms with Crippen LogP contribution in [0.15, 0.2) is 41.5 Å². The molecule has 0 aliphatic heterocycles. The van der Waals surface area contributed by atoms with E-state index in [-0.39, 0.29) is 5.41 Å². The van der Waals surface area contributed by atoms with Crippen molar-refractivity contribution in [3.05, 3.63) is 52.0 Å². The highest BCUT2D eigenvalue weighted by atomic mass is 32.1. The molecule has 0 unspecified atom stereocenters. The van der Waals surface area contributed by atoms with Crippen molar-refractivity contribution in [2.45, 2.75) is 40.5 Å². The maximum atomic E-state index is 4.80. The maximum Gasteiger partial charge on any atom is 0.191 e. The fourth-order valence-electron chi connectivity index (χ4n) is 2.64. The minimum absolute atomic E-state index is 0.121. The van der Waals surface area contributed by atoms with Gasteiger partial charge in [0.25, 0.3) is 0 Å². The third-order valence-electron chi connectivity index (χ3n) is 3.84. The van der Waals surface area contributed by atoms with Gasteiger partial charge in [-0.15, -0.1) is 11.3 Å². The second-order valence-electron chi connectivity index (χ2n) is 7.06. The first-order chi connectivity index (χ1) is 12.0. The van der Waals surface area contributed by atoms with Crippen LogP contribution in [0.1, 0.15) is 36.2 Å². The number of hydrogen-bond donors (Lipinski definition) is 2. The van der Waals surface area contributed by atoms with Gasteiger partial charge < -0.3 is 10.6 Å². The molecule has 4 nitrogen and oxygen atoms in total. The van der Waals surface area contributed by atoms with Gasteiger partial charge >= 0.3 is 0 Å². The lowest BCUT2D eigenvalue weighted by atomic mass is 9.86. The topological polar surface area (TPSA) is 49.3 Å². The molecule has 0 aliphatic rings. The molecule has 0 radical (unpaired) electrons. The molecule has 2 aromatic rings. The molecule has 2 rings (SSSR count). The van der Waals surface area contributed by atoms with Crippen LogP contribution in [0.2, 0.25) is 0 Å². The van der Waals surface area contributed by atoms with E-state index >= 15 is 0 Å². The van der Waals surface area contributed by atoms with Crippen molar-refractivity contribution in [2.75, 3.05) is 19.6 Å². The van der Waals surface area contributed by atoms with Crippen LogP contribution in [0.3, 0.4) is 0 Å². The molecule has 0 atom stereocenters. The van der Waals surface area contributed by atoms with E-state index in [1.165, 1.54) is 15.4 Å². The van der Waals surface area contributed by atoms with Crippen molar-refractivity contribution in [1.29, 1.82) is 0 Å². The Bertz CT molecular complexity index is 661. The quantitative estimate of drug-likeness (QED) is 0.557. The summed E-state index contributed by atoms with van der Waals surface area (Å²) in [6.45, 7) is 11.2. The van der Waals surface area contributed by atoms with Crippen LogP contribution in [0.25, 0.3) is 0 Å². The zero-order valence-electron chi connectivity index (χ0n) is 15.8. The molecule has 1 aromatic heterocycles. The first kappa shape index (κ1) is 19.4. The number of aliphatic imine (C=N–C) groups is 1. The monoisotopic (exact) mass is 358 g/mol. The highest BCUT2D eigenvalue weighted by Gasteiger charge is 2.18. The molecular weight excluding hydrogens is 328 g/mol. The molecule has 25 heavy (non-hydrogen) atoms. The third-order valence-corrected chi connectivity index (χ3v) is 4.81. The molecule has 0 bridgehead atoms. The summed E-state index contributed by atoms with van der Waals surface area (Å²) in [4.78, 5) is 10.5. The van der Waals surface area contributed by atoms with Crippen LogP contribution < -0.4 is 10.6 Å². The van der Waals surface area contributed by atoms with Gasteiger partial charge in [0.05, 0.1) is 5.01 Å². The second-order valence-corrected chi connectivity index (χ2v) is 8.38. The summed E-state index contributed by atoms with van der Waals surface area (Å²) in [6, 6.07) is 10.6. The molecule has 0 aliphatic carbocycles. The van der Waals surface area contributed by atoms with Gasteiger partial charge in [0.1, 0.15) is 0 Å². The van der Waals surface area contributed by atoms with Crippen molar-refractivity contribution in [3.63, 3.8) is 0 Å². The standard InChI is InChI=1S/C20H30N4S/c1-5-21-19(22-12-11-18-23-14-16(2)25-18)24-15-20(3,4)13-17-9-7-6-8-10-17/h6-10,14H,5,11-13,15H2,1-4H3,(H2,21,22,24). The number of thiazole rings is 1. The number of rotatable bonds is 8. The summed E-state index contributed by atoms with van der Waals surface area (Å²) in [5, 5.41) is 7.92. The van der Waals surface area contributed by atoms with Crippen LogP contribution in [-0.2, 0) is 12.8 Å². The van der Waals surface area contributed by atoms with E-state index in [2.05, 4.69) is 73.6 Å². The minimum atomic E-state index is 0.121.